The number of nitriles is 1. The van der Waals surface area contributed by atoms with E-state index in [-0.39, 0.29) is 11.4 Å². The van der Waals surface area contributed by atoms with Crippen LogP contribution in [0.4, 0.5) is 0 Å². The average molecular weight is 327 g/mol. The minimum Gasteiger partial charge on any atom is -0.288 e. The Morgan fingerprint density at radius 1 is 1.04 bits per heavy atom. The number of Topliss-reactive ketones (excluding diaryl/α,β-unsaturated/α-hetero) is 1. The second kappa shape index (κ2) is 6.98. The minimum atomic E-state index is -0.283. The van der Waals surface area contributed by atoms with Crippen molar-refractivity contribution in [2.45, 2.75) is 13.8 Å². The van der Waals surface area contributed by atoms with Crippen molar-refractivity contribution in [1.82, 2.24) is 9.78 Å². The Balaban J connectivity index is 2.04. The summed E-state index contributed by atoms with van der Waals surface area (Å²) in [6.07, 6.45) is 1.63. The van der Waals surface area contributed by atoms with E-state index in [1.807, 2.05) is 61.0 Å². The van der Waals surface area contributed by atoms with Gasteiger partial charge in [-0.3, -0.25) is 4.79 Å². The number of aryl methyl sites for hydroxylation is 1. The van der Waals surface area contributed by atoms with Gasteiger partial charge in [0.1, 0.15) is 11.6 Å². The number of hydrogen-bond donors (Lipinski definition) is 0. The molecule has 0 aliphatic rings. The van der Waals surface area contributed by atoms with Crippen molar-refractivity contribution in [1.29, 1.82) is 5.26 Å². The SMILES string of the molecule is Cc1nn(-c2ccccc2)c(C)c1/C=C(\C#N)C(=O)c1ccccc1. The molecule has 3 rings (SSSR count). The highest BCUT2D eigenvalue weighted by Crippen LogP contribution is 2.21. The highest BCUT2D eigenvalue weighted by Gasteiger charge is 2.16. The van der Waals surface area contributed by atoms with Crippen LogP contribution in [-0.2, 0) is 0 Å². The van der Waals surface area contributed by atoms with Crippen LogP contribution >= 0.6 is 0 Å². The summed E-state index contributed by atoms with van der Waals surface area (Å²) < 4.78 is 1.82. The summed E-state index contributed by atoms with van der Waals surface area (Å²) in [7, 11) is 0. The predicted molar refractivity (Wildman–Crippen MR) is 97.4 cm³/mol. The molecular formula is C21H17N3O. The standard InChI is InChI=1S/C21H17N3O/c1-15-20(16(2)24(23-15)19-11-7-4-8-12-19)13-18(14-22)21(25)17-9-5-3-6-10-17/h3-13H,1-2H3/b18-13+. The maximum atomic E-state index is 12.6. The molecule has 0 N–H and O–H groups in total. The molecule has 0 bridgehead atoms. The molecule has 4 nitrogen and oxygen atoms in total. The van der Waals surface area contributed by atoms with E-state index in [1.54, 1.807) is 30.3 Å². The number of hydrogen-bond acceptors (Lipinski definition) is 3. The first kappa shape index (κ1) is 16.4. The fraction of sp³-hybridized carbons (Fsp3) is 0.0952. The summed E-state index contributed by atoms with van der Waals surface area (Å²) in [6, 6.07) is 20.6. The summed E-state index contributed by atoms with van der Waals surface area (Å²) in [6.45, 7) is 3.81. The first-order chi connectivity index (χ1) is 12.1. The number of nitrogens with zero attached hydrogens (tertiary/aromatic N) is 3. The third kappa shape index (κ3) is 3.26. The van der Waals surface area contributed by atoms with Crippen LogP contribution in [0.1, 0.15) is 27.3 Å². The first-order valence-corrected chi connectivity index (χ1v) is 7.95. The number of ketones is 1. The minimum absolute atomic E-state index is 0.102. The van der Waals surface area contributed by atoms with Crippen molar-refractivity contribution < 1.29 is 4.79 Å². The van der Waals surface area contributed by atoms with Crippen LogP contribution in [0.25, 0.3) is 11.8 Å². The van der Waals surface area contributed by atoms with Crippen LogP contribution in [-0.4, -0.2) is 15.6 Å². The third-order valence-electron chi connectivity index (χ3n) is 4.04. The van der Waals surface area contributed by atoms with Crippen LogP contribution in [0.5, 0.6) is 0 Å². The molecule has 0 unspecified atom stereocenters. The van der Waals surface area contributed by atoms with Gasteiger partial charge in [0.25, 0.3) is 0 Å². The van der Waals surface area contributed by atoms with Gasteiger partial charge in [-0.25, -0.2) is 4.68 Å². The van der Waals surface area contributed by atoms with Gasteiger partial charge in [-0.2, -0.15) is 10.4 Å². The number of benzene rings is 2. The van der Waals surface area contributed by atoms with E-state index in [0.29, 0.717) is 5.56 Å². The average Bonchev–Trinajstić information content (AvgIpc) is 2.94. The van der Waals surface area contributed by atoms with Crippen molar-refractivity contribution in [3.63, 3.8) is 0 Å². The van der Waals surface area contributed by atoms with E-state index >= 15 is 0 Å². The van der Waals surface area contributed by atoms with Gasteiger partial charge in [-0.1, -0.05) is 48.5 Å². The summed E-state index contributed by atoms with van der Waals surface area (Å²) in [5.41, 5.74) is 4.00. The van der Waals surface area contributed by atoms with Gasteiger partial charge in [0.15, 0.2) is 0 Å². The van der Waals surface area contributed by atoms with Gasteiger partial charge in [0.05, 0.1) is 11.4 Å². The molecule has 0 radical (unpaired) electrons. The van der Waals surface area contributed by atoms with Crippen LogP contribution < -0.4 is 0 Å². The molecule has 0 fully saturated rings. The van der Waals surface area contributed by atoms with Crippen molar-refractivity contribution in [2.75, 3.05) is 0 Å². The lowest BCUT2D eigenvalue weighted by Gasteiger charge is -2.04. The van der Waals surface area contributed by atoms with Gasteiger partial charge < -0.3 is 0 Å². The number of rotatable bonds is 4. The molecule has 122 valence electrons. The van der Waals surface area contributed by atoms with E-state index in [0.717, 1.165) is 22.6 Å². The Morgan fingerprint density at radius 2 is 1.64 bits per heavy atom. The normalized spacial score (nSPS) is 11.2. The highest BCUT2D eigenvalue weighted by molar-refractivity contribution is 6.14. The lowest BCUT2D eigenvalue weighted by Crippen LogP contribution is -2.02. The lowest BCUT2D eigenvalue weighted by molar-refractivity contribution is 0.104. The van der Waals surface area contributed by atoms with Gasteiger partial charge in [-0.15, -0.1) is 0 Å². The summed E-state index contributed by atoms with van der Waals surface area (Å²) in [4.78, 5) is 12.6. The van der Waals surface area contributed by atoms with E-state index in [1.165, 1.54) is 0 Å². The van der Waals surface area contributed by atoms with Crippen molar-refractivity contribution >= 4 is 11.9 Å². The zero-order chi connectivity index (χ0) is 17.8. The Labute approximate surface area is 146 Å². The number of allylic oxidation sites excluding steroid dienone is 1. The van der Waals surface area contributed by atoms with E-state index in [9.17, 15) is 10.1 Å². The van der Waals surface area contributed by atoms with Crippen LogP contribution in [0.15, 0.2) is 66.2 Å². The van der Waals surface area contributed by atoms with Crippen LogP contribution in [0.2, 0.25) is 0 Å². The second-order valence-corrected chi connectivity index (χ2v) is 5.70. The molecule has 0 spiro atoms. The van der Waals surface area contributed by atoms with Crippen molar-refractivity contribution in [3.05, 3.63) is 88.8 Å². The molecule has 1 heterocycles. The molecule has 0 aliphatic heterocycles. The maximum absolute atomic E-state index is 12.6. The second-order valence-electron chi connectivity index (χ2n) is 5.70. The molecule has 25 heavy (non-hydrogen) atoms. The van der Waals surface area contributed by atoms with E-state index < -0.39 is 0 Å². The Kier molecular flexibility index (Phi) is 4.58. The molecular weight excluding hydrogens is 310 g/mol. The Morgan fingerprint density at radius 3 is 2.24 bits per heavy atom. The van der Waals surface area contributed by atoms with Crippen LogP contribution in [0.3, 0.4) is 0 Å². The fourth-order valence-corrected chi connectivity index (χ4v) is 2.72. The quantitative estimate of drug-likeness (QED) is 0.408. The molecule has 3 aromatic rings. The van der Waals surface area contributed by atoms with Gasteiger partial charge in [-0.05, 0) is 32.1 Å². The van der Waals surface area contributed by atoms with E-state index in [4.69, 9.17) is 0 Å². The predicted octanol–water partition coefficient (Wildman–Crippen LogP) is 4.28. The number of aromatic nitrogens is 2. The van der Waals surface area contributed by atoms with E-state index in [2.05, 4.69) is 5.10 Å². The Hall–Kier alpha value is -3.45. The number of carbonyl (C=O) groups excluding carboxylic acids is 1. The maximum Gasteiger partial charge on any atom is 0.203 e. The molecule has 0 saturated heterocycles. The van der Waals surface area contributed by atoms with Crippen LogP contribution in [0, 0.1) is 25.2 Å². The topological polar surface area (TPSA) is 58.7 Å². The molecule has 0 saturated carbocycles. The molecule has 1 aromatic heterocycles. The van der Waals surface area contributed by atoms with Gasteiger partial charge >= 0.3 is 0 Å². The largest absolute Gasteiger partial charge is 0.288 e. The molecule has 0 atom stereocenters. The summed E-state index contributed by atoms with van der Waals surface area (Å²) in [5.74, 6) is -0.283. The fourth-order valence-electron chi connectivity index (χ4n) is 2.72. The monoisotopic (exact) mass is 327 g/mol. The third-order valence-corrected chi connectivity index (χ3v) is 4.04. The van der Waals surface area contributed by atoms with Gasteiger partial charge in [0.2, 0.25) is 5.78 Å². The molecule has 2 aromatic carbocycles. The lowest BCUT2D eigenvalue weighted by atomic mass is 10.0. The van der Waals surface area contributed by atoms with Gasteiger partial charge in [0, 0.05) is 16.8 Å². The highest BCUT2D eigenvalue weighted by atomic mass is 16.1. The number of para-hydroxylation sites is 1. The number of carbonyl (C=O) groups is 1. The van der Waals surface area contributed by atoms with Crippen molar-refractivity contribution in [3.8, 4) is 11.8 Å². The zero-order valence-electron chi connectivity index (χ0n) is 14.1. The Bertz CT molecular complexity index is 977. The van der Waals surface area contributed by atoms with Crippen molar-refractivity contribution in [2.24, 2.45) is 0 Å². The summed E-state index contributed by atoms with van der Waals surface area (Å²) in [5, 5.41) is 14.0. The summed E-state index contributed by atoms with van der Waals surface area (Å²) >= 11 is 0. The molecule has 4 heteroatoms. The smallest absolute Gasteiger partial charge is 0.203 e. The molecule has 0 amide bonds. The first-order valence-electron chi connectivity index (χ1n) is 7.95. The zero-order valence-corrected chi connectivity index (χ0v) is 14.1. The molecule has 0 aliphatic carbocycles.